The number of rotatable bonds is 4. The van der Waals surface area contributed by atoms with Gasteiger partial charge in [0.15, 0.2) is 0 Å². The molecule has 0 fully saturated rings. The highest BCUT2D eigenvalue weighted by atomic mass is 16.5. The van der Waals surface area contributed by atoms with E-state index in [2.05, 4.69) is 5.32 Å². The van der Waals surface area contributed by atoms with Crippen LogP contribution in [0.25, 0.3) is 11.1 Å². The third kappa shape index (κ3) is 4.07. The van der Waals surface area contributed by atoms with Gasteiger partial charge in [0, 0.05) is 22.7 Å². The first-order valence-corrected chi connectivity index (χ1v) is 7.90. The molecule has 0 spiro atoms. The molecule has 2 rings (SSSR count). The second-order valence-corrected chi connectivity index (χ2v) is 6.85. The molecule has 2 aromatic carbocycles. The molecule has 128 valence electrons. The van der Waals surface area contributed by atoms with Crippen LogP contribution in [0.4, 0.5) is 5.69 Å². The zero-order valence-electron chi connectivity index (χ0n) is 15.2. The maximum Gasteiger partial charge on any atom is 0.229 e. The number of anilines is 1. The molecular formula is C20H25NO3. The molecule has 0 saturated heterocycles. The number of carbonyl (C=O) groups is 1. The van der Waals surface area contributed by atoms with Crippen molar-refractivity contribution in [3.63, 3.8) is 0 Å². The van der Waals surface area contributed by atoms with Gasteiger partial charge < -0.3 is 14.8 Å². The van der Waals surface area contributed by atoms with Crippen molar-refractivity contribution in [1.82, 2.24) is 0 Å². The van der Waals surface area contributed by atoms with Crippen LogP contribution in [0.15, 0.2) is 36.4 Å². The molecule has 24 heavy (non-hydrogen) atoms. The highest BCUT2D eigenvalue weighted by Gasteiger charge is 2.22. The summed E-state index contributed by atoms with van der Waals surface area (Å²) in [5.41, 5.74) is 3.25. The molecule has 0 atom stereocenters. The number of hydrogen-bond donors (Lipinski definition) is 1. The molecule has 0 radical (unpaired) electrons. The normalized spacial score (nSPS) is 11.1. The zero-order valence-corrected chi connectivity index (χ0v) is 15.2. The molecule has 4 heteroatoms. The Labute approximate surface area is 143 Å². The van der Waals surface area contributed by atoms with Gasteiger partial charge in [-0.05, 0) is 36.2 Å². The van der Waals surface area contributed by atoms with Gasteiger partial charge in [-0.25, -0.2) is 0 Å². The fourth-order valence-corrected chi connectivity index (χ4v) is 2.29. The first-order valence-electron chi connectivity index (χ1n) is 7.90. The van der Waals surface area contributed by atoms with E-state index in [-0.39, 0.29) is 5.91 Å². The number of amides is 1. The Morgan fingerprint density at radius 3 is 2.04 bits per heavy atom. The van der Waals surface area contributed by atoms with Crippen molar-refractivity contribution in [2.24, 2.45) is 5.41 Å². The molecule has 0 aliphatic rings. The summed E-state index contributed by atoms with van der Waals surface area (Å²) in [5, 5.41) is 3.04. The van der Waals surface area contributed by atoms with Crippen LogP contribution in [0.3, 0.4) is 0 Å². The first-order chi connectivity index (χ1) is 11.2. The Hall–Kier alpha value is -2.49. The van der Waals surface area contributed by atoms with Gasteiger partial charge in [-0.2, -0.15) is 0 Å². The van der Waals surface area contributed by atoms with Crippen molar-refractivity contribution in [3.05, 3.63) is 42.0 Å². The van der Waals surface area contributed by atoms with Crippen molar-refractivity contribution < 1.29 is 14.3 Å². The molecule has 1 N–H and O–H groups in total. The van der Waals surface area contributed by atoms with E-state index in [0.717, 1.165) is 22.4 Å². The van der Waals surface area contributed by atoms with Gasteiger partial charge >= 0.3 is 0 Å². The second-order valence-electron chi connectivity index (χ2n) is 6.85. The molecular weight excluding hydrogens is 302 g/mol. The molecule has 0 aliphatic carbocycles. The lowest BCUT2D eigenvalue weighted by atomic mass is 9.94. The minimum absolute atomic E-state index is 0.0239. The van der Waals surface area contributed by atoms with Crippen LogP contribution in [0.1, 0.15) is 26.3 Å². The molecule has 0 saturated carbocycles. The number of methoxy groups -OCH3 is 2. The molecule has 2 aromatic rings. The lowest BCUT2D eigenvalue weighted by Crippen LogP contribution is -2.27. The maximum atomic E-state index is 12.4. The first kappa shape index (κ1) is 17.9. The standard InChI is InChI=1S/C20H25NO3/c1-13-7-8-17(18(9-13)21-19(22)20(2,3)4)14-10-15(23-5)12-16(11-14)24-6/h7-12H,1-6H3,(H,21,22). The Morgan fingerprint density at radius 1 is 0.958 bits per heavy atom. The third-order valence-electron chi connectivity index (χ3n) is 3.77. The molecule has 0 bridgehead atoms. The quantitative estimate of drug-likeness (QED) is 0.888. The summed E-state index contributed by atoms with van der Waals surface area (Å²) in [6.45, 7) is 7.69. The number of carbonyl (C=O) groups excluding carboxylic acids is 1. The molecule has 1 amide bonds. The van der Waals surface area contributed by atoms with Crippen molar-refractivity contribution in [1.29, 1.82) is 0 Å². The molecule has 4 nitrogen and oxygen atoms in total. The topological polar surface area (TPSA) is 47.6 Å². The summed E-state index contributed by atoms with van der Waals surface area (Å²) in [4.78, 5) is 12.4. The average molecular weight is 327 g/mol. The Kier molecular flexibility index (Phi) is 5.17. The predicted molar refractivity (Wildman–Crippen MR) is 97.8 cm³/mol. The van der Waals surface area contributed by atoms with Gasteiger partial charge in [0.25, 0.3) is 0 Å². The largest absolute Gasteiger partial charge is 0.497 e. The maximum absolute atomic E-state index is 12.4. The van der Waals surface area contributed by atoms with Crippen LogP contribution in [-0.2, 0) is 4.79 Å². The predicted octanol–water partition coefficient (Wildman–Crippen LogP) is 4.66. The second kappa shape index (κ2) is 6.95. The number of hydrogen-bond acceptors (Lipinski definition) is 3. The number of nitrogens with one attached hydrogen (secondary N) is 1. The van der Waals surface area contributed by atoms with E-state index in [1.54, 1.807) is 14.2 Å². The smallest absolute Gasteiger partial charge is 0.229 e. The summed E-state index contributed by atoms with van der Waals surface area (Å²) < 4.78 is 10.7. The highest BCUT2D eigenvalue weighted by molar-refractivity contribution is 5.98. The van der Waals surface area contributed by atoms with Crippen molar-refractivity contribution in [2.45, 2.75) is 27.7 Å². The lowest BCUT2D eigenvalue weighted by molar-refractivity contribution is -0.123. The van der Waals surface area contributed by atoms with Crippen molar-refractivity contribution in [3.8, 4) is 22.6 Å². The zero-order chi connectivity index (χ0) is 17.9. The van der Waals surface area contributed by atoms with E-state index in [0.29, 0.717) is 11.5 Å². The SMILES string of the molecule is COc1cc(OC)cc(-c2ccc(C)cc2NC(=O)C(C)(C)C)c1. The summed E-state index contributed by atoms with van der Waals surface area (Å²) in [6, 6.07) is 11.7. The highest BCUT2D eigenvalue weighted by Crippen LogP contribution is 2.35. The van der Waals surface area contributed by atoms with Crippen LogP contribution in [-0.4, -0.2) is 20.1 Å². The molecule has 0 unspecified atom stereocenters. The minimum Gasteiger partial charge on any atom is -0.497 e. The van der Waals surface area contributed by atoms with Gasteiger partial charge in [0.2, 0.25) is 5.91 Å². The van der Waals surface area contributed by atoms with E-state index in [9.17, 15) is 4.79 Å². The Balaban J connectivity index is 2.53. The van der Waals surface area contributed by atoms with Crippen LogP contribution in [0.5, 0.6) is 11.5 Å². The fourth-order valence-electron chi connectivity index (χ4n) is 2.29. The summed E-state index contributed by atoms with van der Waals surface area (Å²) >= 11 is 0. The molecule has 0 aromatic heterocycles. The van der Waals surface area contributed by atoms with Gasteiger partial charge in [-0.3, -0.25) is 4.79 Å². The average Bonchev–Trinajstić information content (AvgIpc) is 2.53. The molecule has 0 aliphatic heterocycles. The summed E-state index contributed by atoms with van der Waals surface area (Å²) in [5.74, 6) is 1.39. The number of aryl methyl sites for hydroxylation is 1. The van der Waals surface area contributed by atoms with Crippen molar-refractivity contribution >= 4 is 11.6 Å². The lowest BCUT2D eigenvalue weighted by Gasteiger charge is -2.20. The van der Waals surface area contributed by atoms with E-state index < -0.39 is 5.41 Å². The van der Waals surface area contributed by atoms with Gasteiger partial charge in [-0.1, -0.05) is 32.9 Å². The van der Waals surface area contributed by atoms with Crippen molar-refractivity contribution in [2.75, 3.05) is 19.5 Å². The van der Waals surface area contributed by atoms with Crippen LogP contribution in [0.2, 0.25) is 0 Å². The third-order valence-corrected chi connectivity index (χ3v) is 3.77. The Morgan fingerprint density at radius 2 is 1.54 bits per heavy atom. The summed E-state index contributed by atoms with van der Waals surface area (Å²) in [6.07, 6.45) is 0. The summed E-state index contributed by atoms with van der Waals surface area (Å²) in [7, 11) is 3.24. The van der Waals surface area contributed by atoms with E-state index in [4.69, 9.17) is 9.47 Å². The van der Waals surface area contributed by atoms with Gasteiger partial charge in [0.1, 0.15) is 11.5 Å². The molecule has 0 heterocycles. The number of ether oxygens (including phenoxy) is 2. The van der Waals surface area contributed by atoms with E-state index in [1.807, 2.05) is 64.1 Å². The van der Waals surface area contributed by atoms with E-state index >= 15 is 0 Å². The van der Waals surface area contributed by atoms with Crippen LogP contribution < -0.4 is 14.8 Å². The van der Waals surface area contributed by atoms with Gasteiger partial charge in [-0.15, -0.1) is 0 Å². The van der Waals surface area contributed by atoms with Crippen LogP contribution >= 0.6 is 0 Å². The van der Waals surface area contributed by atoms with Crippen LogP contribution in [0, 0.1) is 12.3 Å². The van der Waals surface area contributed by atoms with Gasteiger partial charge in [0.05, 0.1) is 14.2 Å². The minimum atomic E-state index is -0.465. The fraction of sp³-hybridized carbons (Fsp3) is 0.350. The Bertz CT molecular complexity index is 723. The number of benzene rings is 2. The van der Waals surface area contributed by atoms with E-state index in [1.165, 1.54) is 0 Å². The monoisotopic (exact) mass is 327 g/mol.